The number of ketones is 1. The predicted octanol–water partition coefficient (Wildman–Crippen LogP) is 14.7. The van der Waals surface area contributed by atoms with Gasteiger partial charge >= 0.3 is 0 Å². The van der Waals surface area contributed by atoms with Gasteiger partial charge in [0.05, 0.1) is 5.84 Å². The standard InChI is InChI=1S/C8H8O.C8H18.C7H12.C6H10.C6H14.C5H12N2.C4H10/c1-7(9)8-5-3-2-4-6-8;1-4-6-8(3)7-5-2;1-5-7(4)6(2)3;1-5(2)6(3)4;1-4-6(3)5-2;1-4-7-5(2)6-3;1-3-4-2/h2-6H,1H3;8H,4-7H2,1-3H3;5H,2H2,1,3-4H3;1,3H2,2,4H3;6H,4-5H2,1-3H3;4H2,1-3H3,(H,6,7);3-4H2,1-2H3/b;;7-5+;;;;. The van der Waals surface area contributed by atoms with Crippen LogP contribution in [0.15, 0.2) is 83.4 Å². The molecule has 3 nitrogen and oxygen atoms in total. The molecule has 0 aliphatic rings. The highest BCUT2D eigenvalue weighted by Crippen LogP contribution is 2.10. The van der Waals surface area contributed by atoms with Crippen LogP contribution in [0.3, 0.4) is 0 Å². The summed E-state index contributed by atoms with van der Waals surface area (Å²) >= 11 is 0. The molecular weight excluding hydrogens is 572 g/mol. The van der Waals surface area contributed by atoms with Crippen LogP contribution in [0.5, 0.6) is 0 Å². The normalized spacial score (nSPS) is 9.85. The molecule has 0 heterocycles. The Kier molecular flexibility index (Phi) is 54.8. The van der Waals surface area contributed by atoms with Crippen molar-refractivity contribution in [3.05, 3.63) is 84.0 Å². The van der Waals surface area contributed by atoms with Crippen molar-refractivity contribution in [2.45, 2.75) is 162 Å². The molecule has 0 saturated heterocycles. The fraction of sp³-hybridized carbons (Fsp3) is 0.636. The quantitative estimate of drug-likeness (QED) is 0.111. The molecule has 1 N–H and O–H groups in total. The summed E-state index contributed by atoms with van der Waals surface area (Å²) in [5.41, 5.74) is 5.34. The maximum Gasteiger partial charge on any atom is 0.159 e. The number of amidine groups is 1. The number of aliphatic imine (C=N–C) groups is 1. The molecule has 0 aromatic heterocycles. The number of unbranched alkanes of at least 4 members (excludes halogenated alkanes) is 1. The summed E-state index contributed by atoms with van der Waals surface area (Å²) in [5.74, 6) is 3.02. The summed E-state index contributed by atoms with van der Waals surface area (Å²) < 4.78 is 0. The molecule has 0 saturated carbocycles. The summed E-state index contributed by atoms with van der Waals surface area (Å²) in [5, 5.41) is 3.05. The highest BCUT2D eigenvalue weighted by molar-refractivity contribution is 5.93. The van der Waals surface area contributed by atoms with Gasteiger partial charge in [0, 0.05) is 19.2 Å². The van der Waals surface area contributed by atoms with Crippen molar-refractivity contribution in [2.75, 3.05) is 13.6 Å². The molecule has 1 aromatic carbocycles. The average molecular weight is 657 g/mol. The van der Waals surface area contributed by atoms with Crippen molar-refractivity contribution in [1.29, 1.82) is 0 Å². The van der Waals surface area contributed by atoms with E-state index in [4.69, 9.17) is 0 Å². The Morgan fingerprint density at radius 3 is 1.23 bits per heavy atom. The maximum absolute atomic E-state index is 10.6. The Bertz CT molecular complexity index is 869. The first-order valence-corrected chi connectivity index (χ1v) is 18.3. The van der Waals surface area contributed by atoms with Crippen molar-refractivity contribution in [3.8, 4) is 0 Å². The molecule has 1 aromatic rings. The number of nitrogens with zero attached hydrogens (tertiary/aromatic N) is 1. The third kappa shape index (κ3) is 59.3. The maximum atomic E-state index is 10.6. The molecule has 0 radical (unpaired) electrons. The largest absolute Gasteiger partial charge is 0.374 e. The molecule has 0 unspecified atom stereocenters. The smallest absolute Gasteiger partial charge is 0.159 e. The predicted molar refractivity (Wildman–Crippen MR) is 222 cm³/mol. The molecule has 3 heteroatoms. The minimum absolute atomic E-state index is 0.121. The van der Waals surface area contributed by atoms with Crippen molar-refractivity contribution in [2.24, 2.45) is 16.8 Å². The lowest BCUT2D eigenvalue weighted by Gasteiger charge is -2.05. The number of nitrogens with one attached hydrogen (secondary N) is 1. The fourth-order valence-corrected chi connectivity index (χ4v) is 2.67. The Hall–Kier alpha value is -2.68. The molecule has 0 aliphatic carbocycles. The van der Waals surface area contributed by atoms with Crippen LogP contribution in [0.4, 0.5) is 0 Å². The number of hydrogen-bond acceptors (Lipinski definition) is 2. The monoisotopic (exact) mass is 657 g/mol. The number of carbonyl (C=O) groups excluding carboxylic acids is 1. The minimum Gasteiger partial charge on any atom is -0.374 e. The lowest BCUT2D eigenvalue weighted by Crippen LogP contribution is -2.18. The van der Waals surface area contributed by atoms with Crippen LogP contribution in [-0.2, 0) is 0 Å². The Morgan fingerprint density at radius 1 is 0.702 bits per heavy atom. The van der Waals surface area contributed by atoms with Crippen molar-refractivity contribution in [1.82, 2.24) is 5.32 Å². The summed E-state index contributed by atoms with van der Waals surface area (Å²) in [6.07, 6.45) is 12.9. The van der Waals surface area contributed by atoms with E-state index in [0.717, 1.165) is 46.5 Å². The first kappa shape index (κ1) is 56.6. The van der Waals surface area contributed by atoms with Gasteiger partial charge in [0.2, 0.25) is 0 Å². The molecule has 0 atom stereocenters. The summed E-state index contributed by atoms with van der Waals surface area (Å²) in [4.78, 5) is 14.5. The second-order valence-corrected chi connectivity index (χ2v) is 12.2. The zero-order valence-electron chi connectivity index (χ0n) is 35.0. The van der Waals surface area contributed by atoms with E-state index in [9.17, 15) is 4.79 Å². The number of Topliss-reactive ketones (excluding diaryl/α,β-unsaturated/α-hetero) is 1. The number of carbonyl (C=O) groups is 1. The van der Waals surface area contributed by atoms with E-state index in [0.29, 0.717) is 0 Å². The third-order valence-electron chi connectivity index (χ3n) is 7.24. The van der Waals surface area contributed by atoms with Gasteiger partial charge in [-0.15, -0.1) is 0 Å². The van der Waals surface area contributed by atoms with E-state index in [-0.39, 0.29) is 5.78 Å². The molecule has 0 aliphatic heterocycles. The Labute approximate surface area is 297 Å². The van der Waals surface area contributed by atoms with E-state index in [1.807, 2.05) is 65.0 Å². The van der Waals surface area contributed by atoms with Gasteiger partial charge in [-0.3, -0.25) is 9.79 Å². The first-order valence-electron chi connectivity index (χ1n) is 18.3. The van der Waals surface area contributed by atoms with Gasteiger partial charge in [-0.1, -0.05) is 185 Å². The van der Waals surface area contributed by atoms with E-state index >= 15 is 0 Å². The van der Waals surface area contributed by atoms with E-state index < -0.39 is 0 Å². The lowest BCUT2D eigenvalue weighted by atomic mass is 10.0. The second-order valence-electron chi connectivity index (χ2n) is 12.2. The van der Waals surface area contributed by atoms with E-state index in [1.165, 1.54) is 56.9 Å². The topological polar surface area (TPSA) is 41.5 Å². The van der Waals surface area contributed by atoms with Gasteiger partial charge in [0.15, 0.2) is 5.78 Å². The SMILES string of the molecule is C=C(C)/C(C)=C/C.C=C(C)C(=C)C.CC(=O)c1ccccc1.CCC(C)CC.CCCC.CCCC(C)CCC.CCNC(C)=NC. The Morgan fingerprint density at radius 2 is 1.11 bits per heavy atom. The second kappa shape index (κ2) is 45.4. The average Bonchev–Trinajstić information content (AvgIpc) is 3.06. The summed E-state index contributed by atoms with van der Waals surface area (Å²) in [6, 6.07) is 9.23. The number of benzene rings is 1. The molecule has 0 fully saturated rings. The number of rotatable bonds is 11. The van der Waals surface area contributed by atoms with Crippen LogP contribution in [0, 0.1) is 11.8 Å². The van der Waals surface area contributed by atoms with Gasteiger partial charge < -0.3 is 5.32 Å². The van der Waals surface area contributed by atoms with Gasteiger partial charge in [-0.25, -0.2) is 0 Å². The van der Waals surface area contributed by atoms with Crippen LogP contribution < -0.4 is 5.32 Å². The molecule has 0 spiro atoms. The van der Waals surface area contributed by atoms with Crippen molar-refractivity contribution >= 4 is 11.6 Å². The summed E-state index contributed by atoms with van der Waals surface area (Å²) in [6.45, 7) is 45.5. The minimum atomic E-state index is 0.121. The zero-order chi connectivity index (χ0) is 38.2. The molecule has 276 valence electrons. The molecule has 0 amide bonds. The third-order valence-corrected chi connectivity index (χ3v) is 7.24. The molecule has 47 heavy (non-hydrogen) atoms. The van der Waals surface area contributed by atoms with Crippen LogP contribution in [0.2, 0.25) is 0 Å². The van der Waals surface area contributed by atoms with Crippen molar-refractivity contribution < 1.29 is 4.79 Å². The highest BCUT2D eigenvalue weighted by atomic mass is 16.1. The van der Waals surface area contributed by atoms with Crippen LogP contribution in [0.25, 0.3) is 0 Å². The number of allylic oxidation sites excluding steroid dienone is 5. The zero-order valence-corrected chi connectivity index (χ0v) is 35.0. The first-order chi connectivity index (χ1) is 22.0. The van der Waals surface area contributed by atoms with Gasteiger partial charge in [-0.05, 0) is 67.2 Å². The molecule has 0 bridgehead atoms. The van der Waals surface area contributed by atoms with E-state index in [2.05, 4.69) is 105 Å². The van der Waals surface area contributed by atoms with Crippen molar-refractivity contribution in [3.63, 3.8) is 0 Å². The Balaban J connectivity index is -0.000000106. The fourth-order valence-electron chi connectivity index (χ4n) is 2.67. The lowest BCUT2D eigenvalue weighted by molar-refractivity contribution is 0.101. The van der Waals surface area contributed by atoms with Gasteiger partial charge in [0.1, 0.15) is 0 Å². The summed E-state index contributed by atoms with van der Waals surface area (Å²) in [7, 11) is 1.78. The molecule has 1 rings (SSSR count). The highest BCUT2D eigenvalue weighted by Gasteiger charge is 1.96. The molecular formula is C44H84N2O. The van der Waals surface area contributed by atoms with Crippen LogP contribution in [0.1, 0.15) is 173 Å². The number of hydrogen-bond donors (Lipinski definition) is 1. The van der Waals surface area contributed by atoms with Crippen LogP contribution >= 0.6 is 0 Å². The van der Waals surface area contributed by atoms with Gasteiger partial charge in [0.25, 0.3) is 0 Å². The van der Waals surface area contributed by atoms with Crippen LogP contribution in [-0.4, -0.2) is 25.2 Å². The van der Waals surface area contributed by atoms with Gasteiger partial charge in [-0.2, -0.15) is 0 Å². The van der Waals surface area contributed by atoms with E-state index in [1.54, 1.807) is 14.0 Å².